The highest BCUT2D eigenvalue weighted by Crippen LogP contribution is 2.34. The van der Waals surface area contributed by atoms with Gasteiger partial charge in [0.05, 0.1) is 18.9 Å². The number of rotatable bonds is 5. The van der Waals surface area contributed by atoms with E-state index < -0.39 is 10.0 Å². The van der Waals surface area contributed by atoms with Crippen LogP contribution in [0.5, 0.6) is 5.75 Å². The molecule has 1 unspecified atom stereocenters. The molecule has 1 aliphatic rings. The maximum absolute atomic E-state index is 12.3. The Morgan fingerprint density at radius 1 is 1.22 bits per heavy atom. The average Bonchev–Trinajstić information content (AvgIpc) is 2.60. The number of fused-ring (bicyclic) bond motifs is 1. The first-order valence-electron chi connectivity index (χ1n) is 8.29. The van der Waals surface area contributed by atoms with Gasteiger partial charge in [-0.1, -0.05) is 28.1 Å². The summed E-state index contributed by atoms with van der Waals surface area (Å²) >= 11 is 3.44. The van der Waals surface area contributed by atoms with Crippen molar-refractivity contribution in [1.82, 2.24) is 5.32 Å². The minimum Gasteiger partial charge on any atom is -0.493 e. The van der Waals surface area contributed by atoms with Crippen molar-refractivity contribution in [3.05, 3.63) is 64.1 Å². The fourth-order valence-electron chi connectivity index (χ4n) is 2.78. The molecule has 0 saturated carbocycles. The van der Waals surface area contributed by atoms with E-state index in [1.54, 1.807) is 30.3 Å². The molecule has 2 aromatic rings. The molecule has 0 aliphatic carbocycles. The molecule has 0 radical (unpaired) electrons. The van der Waals surface area contributed by atoms with E-state index in [2.05, 4.69) is 26.0 Å². The number of hydrogen-bond donors (Lipinski definition) is 2. The number of carbonyl (C=O) groups excluding carboxylic acids is 1. The Balaban J connectivity index is 1.64. The van der Waals surface area contributed by atoms with Crippen molar-refractivity contribution in [3.8, 4) is 5.75 Å². The molecule has 2 N–H and O–H groups in total. The van der Waals surface area contributed by atoms with Gasteiger partial charge in [-0.3, -0.25) is 9.52 Å². The van der Waals surface area contributed by atoms with E-state index in [-0.39, 0.29) is 11.9 Å². The van der Waals surface area contributed by atoms with Crippen molar-refractivity contribution < 1.29 is 17.9 Å². The van der Waals surface area contributed by atoms with Gasteiger partial charge < -0.3 is 10.1 Å². The summed E-state index contributed by atoms with van der Waals surface area (Å²) in [6.45, 7) is 0.554. The van der Waals surface area contributed by atoms with Crippen LogP contribution < -0.4 is 14.8 Å². The Morgan fingerprint density at radius 2 is 1.96 bits per heavy atom. The fraction of sp³-hybridized carbons (Fsp3) is 0.211. The topological polar surface area (TPSA) is 84.5 Å². The Bertz CT molecular complexity index is 972. The summed E-state index contributed by atoms with van der Waals surface area (Å²) in [7, 11) is -3.31. The molecular weight excluding hydrogens is 432 g/mol. The number of ether oxygens (including phenoxy) is 1. The molecular formula is C19H19BrN2O4S. The smallest absolute Gasteiger partial charge is 0.244 e. The van der Waals surface area contributed by atoms with E-state index >= 15 is 0 Å². The van der Waals surface area contributed by atoms with E-state index in [1.165, 1.54) is 6.08 Å². The van der Waals surface area contributed by atoms with E-state index in [1.807, 2.05) is 18.2 Å². The Labute approximate surface area is 166 Å². The van der Waals surface area contributed by atoms with Crippen LogP contribution in [0.25, 0.3) is 6.08 Å². The highest BCUT2D eigenvalue weighted by Gasteiger charge is 2.22. The second kappa shape index (κ2) is 8.14. The number of anilines is 1. The number of hydrogen-bond acceptors (Lipinski definition) is 4. The van der Waals surface area contributed by atoms with Crippen LogP contribution in [0.2, 0.25) is 0 Å². The number of nitrogens with one attached hydrogen (secondary N) is 2. The largest absolute Gasteiger partial charge is 0.493 e. The van der Waals surface area contributed by atoms with Crippen LogP contribution in [0.4, 0.5) is 5.69 Å². The Kier molecular flexibility index (Phi) is 5.86. The summed E-state index contributed by atoms with van der Waals surface area (Å²) in [6, 6.07) is 12.4. The maximum atomic E-state index is 12.3. The quantitative estimate of drug-likeness (QED) is 0.682. The predicted octanol–water partition coefficient (Wildman–Crippen LogP) is 3.47. The number of amides is 1. The van der Waals surface area contributed by atoms with Crippen LogP contribution in [0.1, 0.15) is 23.6 Å². The second-order valence-electron chi connectivity index (χ2n) is 6.21. The van der Waals surface area contributed by atoms with Crippen LogP contribution in [0, 0.1) is 0 Å². The van der Waals surface area contributed by atoms with Crippen molar-refractivity contribution in [1.29, 1.82) is 0 Å². The van der Waals surface area contributed by atoms with Gasteiger partial charge in [0.15, 0.2) is 0 Å². The molecule has 8 heteroatoms. The standard InChI is InChI=1S/C19H19BrN2O4S/c1-27(24,25)22-15-6-2-13(3-7-15)4-9-19(23)21-17-10-11-26-18-8-5-14(20)12-16(17)18/h2-9,12,17,22H,10-11H2,1H3,(H,21,23)/b9-4+. The van der Waals surface area contributed by atoms with E-state index in [0.717, 1.165) is 27.6 Å². The van der Waals surface area contributed by atoms with Gasteiger partial charge >= 0.3 is 0 Å². The zero-order chi connectivity index (χ0) is 19.4. The lowest BCUT2D eigenvalue weighted by Crippen LogP contribution is -2.31. The molecule has 1 atom stereocenters. The number of carbonyl (C=O) groups is 1. The Morgan fingerprint density at radius 3 is 2.67 bits per heavy atom. The van der Waals surface area contributed by atoms with Crippen LogP contribution in [0.15, 0.2) is 53.0 Å². The Hall–Kier alpha value is -2.32. The predicted molar refractivity (Wildman–Crippen MR) is 109 cm³/mol. The first-order chi connectivity index (χ1) is 12.8. The van der Waals surface area contributed by atoms with Gasteiger partial charge in [0.25, 0.3) is 0 Å². The van der Waals surface area contributed by atoms with Gasteiger partial charge in [-0.05, 0) is 42.0 Å². The SMILES string of the molecule is CS(=O)(=O)Nc1ccc(/C=C/C(=O)NC2CCOc3ccc(Br)cc32)cc1. The number of halogens is 1. The summed E-state index contributed by atoms with van der Waals surface area (Å²) in [4.78, 5) is 12.3. The monoisotopic (exact) mass is 450 g/mol. The molecule has 2 aromatic carbocycles. The maximum Gasteiger partial charge on any atom is 0.244 e. The lowest BCUT2D eigenvalue weighted by molar-refractivity contribution is -0.117. The minimum absolute atomic E-state index is 0.107. The molecule has 0 spiro atoms. The van der Waals surface area contributed by atoms with Crippen molar-refractivity contribution in [2.75, 3.05) is 17.6 Å². The summed E-state index contributed by atoms with van der Waals surface area (Å²) in [5.74, 6) is 0.582. The second-order valence-corrected chi connectivity index (χ2v) is 8.87. The minimum atomic E-state index is -3.31. The summed E-state index contributed by atoms with van der Waals surface area (Å²) in [5, 5.41) is 3.00. The van der Waals surface area contributed by atoms with Crippen molar-refractivity contribution in [2.45, 2.75) is 12.5 Å². The lowest BCUT2D eigenvalue weighted by Gasteiger charge is -2.26. The molecule has 0 fully saturated rings. The normalized spacial score (nSPS) is 16.4. The molecule has 0 bridgehead atoms. The van der Waals surface area contributed by atoms with Gasteiger partial charge in [-0.15, -0.1) is 0 Å². The molecule has 1 amide bonds. The fourth-order valence-corrected chi connectivity index (χ4v) is 3.73. The van der Waals surface area contributed by atoms with Gasteiger partial charge in [-0.25, -0.2) is 8.42 Å². The lowest BCUT2D eigenvalue weighted by atomic mass is 10.0. The molecule has 0 aromatic heterocycles. The van der Waals surface area contributed by atoms with Crippen LogP contribution in [-0.4, -0.2) is 27.2 Å². The van der Waals surface area contributed by atoms with Gasteiger partial charge in [0.2, 0.25) is 15.9 Å². The third-order valence-corrected chi connectivity index (χ3v) is 5.07. The molecule has 27 heavy (non-hydrogen) atoms. The van der Waals surface area contributed by atoms with Gasteiger partial charge in [0, 0.05) is 28.2 Å². The van der Waals surface area contributed by atoms with Crippen molar-refractivity contribution in [3.63, 3.8) is 0 Å². The average molecular weight is 451 g/mol. The zero-order valence-electron chi connectivity index (χ0n) is 14.6. The third-order valence-electron chi connectivity index (χ3n) is 3.97. The molecule has 1 aliphatic heterocycles. The highest BCUT2D eigenvalue weighted by molar-refractivity contribution is 9.10. The molecule has 6 nitrogen and oxygen atoms in total. The first kappa shape index (κ1) is 19.4. The van der Waals surface area contributed by atoms with E-state index in [9.17, 15) is 13.2 Å². The van der Waals surface area contributed by atoms with Crippen LogP contribution in [-0.2, 0) is 14.8 Å². The van der Waals surface area contributed by atoms with E-state index in [4.69, 9.17) is 4.74 Å². The molecule has 3 rings (SSSR count). The van der Waals surface area contributed by atoms with Gasteiger partial charge in [-0.2, -0.15) is 0 Å². The van der Waals surface area contributed by atoms with Crippen molar-refractivity contribution >= 4 is 43.6 Å². The zero-order valence-corrected chi connectivity index (χ0v) is 17.0. The van der Waals surface area contributed by atoms with Crippen LogP contribution >= 0.6 is 15.9 Å². The summed E-state index contributed by atoms with van der Waals surface area (Å²) in [6.07, 6.45) is 4.94. The summed E-state index contributed by atoms with van der Waals surface area (Å²) in [5.41, 5.74) is 2.22. The van der Waals surface area contributed by atoms with E-state index in [0.29, 0.717) is 18.7 Å². The summed E-state index contributed by atoms with van der Waals surface area (Å²) < 4.78 is 31.4. The number of benzene rings is 2. The van der Waals surface area contributed by atoms with Crippen LogP contribution in [0.3, 0.4) is 0 Å². The highest BCUT2D eigenvalue weighted by atomic mass is 79.9. The van der Waals surface area contributed by atoms with Crippen molar-refractivity contribution in [2.24, 2.45) is 0 Å². The first-order valence-corrected chi connectivity index (χ1v) is 11.0. The molecule has 0 saturated heterocycles. The number of sulfonamides is 1. The van der Waals surface area contributed by atoms with Gasteiger partial charge in [0.1, 0.15) is 5.75 Å². The molecule has 1 heterocycles. The molecule has 142 valence electrons. The third kappa shape index (κ3) is 5.58.